The van der Waals surface area contributed by atoms with Gasteiger partial charge in [-0.2, -0.15) is 0 Å². The molecule has 1 N–H and O–H groups in total. The maximum absolute atomic E-state index is 12.6. The minimum atomic E-state index is -0.505. The lowest BCUT2D eigenvalue weighted by atomic mass is 10.1. The Hall–Kier alpha value is -2.54. The first kappa shape index (κ1) is 15.8. The van der Waals surface area contributed by atoms with Gasteiger partial charge in [0.15, 0.2) is 0 Å². The van der Waals surface area contributed by atoms with Gasteiger partial charge in [-0.15, -0.1) is 0 Å². The molecule has 7 heteroatoms. The molecule has 1 saturated heterocycles. The van der Waals surface area contributed by atoms with Crippen LogP contribution in [0, 0.1) is 0 Å². The van der Waals surface area contributed by atoms with Crippen molar-refractivity contribution in [1.82, 2.24) is 15.2 Å². The van der Waals surface area contributed by atoms with Crippen molar-refractivity contribution >= 4 is 23.7 Å². The van der Waals surface area contributed by atoms with E-state index in [1.165, 1.54) is 6.08 Å². The molecule has 0 aromatic carbocycles. The van der Waals surface area contributed by atoms with E-state index in [0.29, 0.717) is 38.3 Å². The summed E-state index contributed by atoms with van der Waals surface area (Å²) in [5.74, 6) is -0.780. The zero-order valence-corrected chi connectivity index (χ0v) is 12.0. The first-order chi connectivity index (χ1) is 10.7. The number of hydrogen-bond donors (Lipinski definition) is 1. The molecule has 2 heterocycles. The zero-order valence-electron chi connectivity index (χ0n) is 12.0. The Balaban J connectivity index is 2.24. The van der Waals surface area contributed by atoms with Crippen LogP contribution in [0.3, 0.4) is 0 Å². The van der Waals surface area contributed by atoms with Crippen LogP contribution in [-0.2, 0) is 19.1 Å². The summed E-state index contributed by atoms with van der Waals surface area (Å²) in [6.45, 7) is 1.78. The molecule has 0 bridgehead atoms. The van der Waals surface area contributed by atoms with Gasteiger partial charge in [0.1, 0.15) is 6.29 Å². The van der Waals surface area contributed by atoms with Crippen molar-refractivity contribution < 1.29 is 19.1 Å². The average molecular weight is 303 g/mol. The highest BCUT2D eigenvalue weighted by atomic mass is 16.5. The minimum Gasteiger partial charge on any atom is -0.378 e. The Morgan fingerprint density at radius 1 is 1.32 bits per heavy atom. The second-order valence-electron chi connectivity index (χ2n) is 4.59. The number of ether oxygens (including phenoxy) is 1. The molecule has 22 heavy (non-hydrogen) atoms. The molecule has 0 atom stereocenters. The van der Waals surface area contributed by atoms with Crippen LogP contribution in [0.25, 0.3) is 5.57 Å². The monoisotopic (exact) mass is 303 g/mol. The van der Waals surface area contributed by atoms with Gasteiger partial charge in [-0.3, -0.25) is 14.6 Å². The smallest absolute Gasteiger partial charge is 0.256 e. The number of nitrogens with zero attached hydrogens (tertiary/aromatic N) is 2. The van der Waals surface area contributed by atoms with E-state index in [0.717, 1.165) is 0 Å². The van der Waals surface area contributed by atoms with Crippen LogP contribution in [0.4, 0.5) is 0 Å². The summed E-state index contributed by atoms with van der Waals surface area (Å²) in [7, 11) is 0. The fourth-order valence-electron chi connectivity index (χ4n) is 2.03. The lowest BCUT2D eigenvalue weighted by molar-refractivity contribution is -0.129. The third kappa shape index (κ3) is 4.23. The van der Waals surface area contributed by atoms with E-state index in [1.807, 2.05) is 0 Å². The summed E-state index contributed by atoms with van der Waals surface area (Å²) >= 11 is 0. The molecular weight excluding hydrogens is 286 g/mol. The van der Waals surface area contributed by atoms with Gasteiger partial charge >= 0.3 is 0 Å². The largest absolute Gasteiger partial charge is 0.378 e. The number of pyridine rings is 1. The van der Waals surface area contributed by atoms with Crippen LogP contribution in [0.2, 0.25) is 0 Å². The van der Waals surface area contributed by atoms with Gasteiger partial charge in [0.2, 0.25) is 5.91 Å². The normalized spacial score (nSPS) is 15.3. The summed E-state index contributed by atoms with van der Waals surface area (Å²) in [6, 6.07) is 5.13. The minimum absolute atomic E-state index is 0.101. The predicted molar refractivity (Wildman–Crippen MR) is 78.7 cm³/mol. The van der Waals surface area contributed by atoms with Crippen molar-refractivity contribution in [3.8, 4) is 0 Å². The van der Waals surface area contributed by atoms with Gasteiger partial charge in [0.05, 0.1) is 31.0 Å². The molecule has 0 aliphatic carbocycles. The highest BCUT2D eigenvalue weighted by Gasteiger charge is 2.23. The predicted octanol–water partition coefficient (Wildman–Crippen LogP) is -0.361. The van der Waals surface area contributed by atoms with Crippen LogP contribution in [-0.4, -0.2) is 60.8 Å². The number of aromatic nitrogens is 1. The first-order valence-electron chi connectivity index (χ1n) is 6.94. The molecule has 0 unspecified atom stereocenters. The van der Waals surface area contributed by atoms with E-state index < -0.39 is 5.91 Å². The molecule has 116 valence electrons. The van der Waals surface area contributed by atoms with Crippen molar-refractivity contribution in [2.24, 2.45) is 0 Å². The van der Waals surface area contributed by atoms with E-state index in [2.05, 4.69) is 10.3 Å². The Labute approximate surface area is 128 Å². The SMILES string of the molecule is O=CCNC(=O)C=C(C(=O)N1CCOCC1)c1ccccn1. The van der Waals surface area contributed by atoms with Crippen molar-refractivity contribution in [3.63, 3.8) is 0 Å². The second kappa shape index (κ2) is 8.04. The van der Waals surface area contributed by atoms with Gasteiger partial charge in [0, 0.05) is 25.4 Å². The third-order valence-corrected chi connectivity index (χ3v) is 3.10. The molecule has 2 rings (SSSR count). The number of carbonyl (C=O) groups excluding carboxylic acids is 3. The van der Waals surface area contributed by atoms with Crippen LogP contribution in [0.1, 0.15) is 5.69 Å². The van der Waals surface area contributed by atoms with Gasteiger partial charge in [0.25, 0.3) is 5.91 Å². The van der Waals surface area contributed by atoms with E-state index in [-0.39, 0.29) is 18.0 Å². The van der Waals surface area contributed by atoms with Crippen LogP contribution >= 0.6 is 0 Å². The molecule has 1 fully saturated rings. The number of nitrogens with one attached hydrogen (secondary N) is 1. The zero-order chi connectivity index (χ0) is 15.8. The maximum atomic E-state index is 12.6. The molecule has 0 saturated carbocycles. The van der Waals surface area contributed by atoms with Gasteiger partial charge in [-0.25, -0.2) is 0 Å². The number of rotatable bonds is 5. The summed E-state index contributed by atoms with van der Waals surface area (Å²) in [4.78, 5) is 40.5. The summed E-state index contributed by atoms with van der Waals surface area (Å²) in [5, 5.41) is 2.38. The van der Waals surface area contributed by atoms with E-state index in [1.54, 1.807) is 29.3 Å². The van der Waals surface area contributed by atoms with Gasteiger partial charge in [-0.1, -0.05) is 6.07 Å². The topological polar surface area (TPSA) is 88.6 Å². The summed E-state index contributed by atoms with van der Waals surface area (Å²) in [5.41, 5.74) is 0.617. The molecule has 0 spiro atoms. The Morgan fingerprint density at radius 3 is 2.73 bits per heavy atom. The number of morpholine rings is 1. The van der Waals surface area contributed by atoms with Crippen LogP contribution in [0.15, 0.2) is 30.5 Å². The Morgan fingerprint density at radius 2 is 2.09 bits per heavy atom. The Kier molecular flexibility index (Phi) is 5.79. The lowest BCUT2D eigenvalue weighted by Crippen LogP contribution is -2.41. The van der Waals surface area contributed by atoms with E-state index >= 15 is 0 Å². The molecule has 2 amide bonds. The molecule has 1 aliphatic heterocycles. The maximum Gasteiger partial charge on any atom is 0.256 e. The standard InChI is InChI=1S/C15H17N3O4/c19-8-5-17-14(20)11-12(13-3-1-2-4-16-13)15(21)18-6-9-22-10-7-18/h1-4,8,11H,5-7,9-10H2,(H,17,20). The fraction of sp³-hybridized carbons (Fsp3) is 0.333. The number of aldehydes is 1. The highest BCUT2D eigenvalue weighted by Crippen LogP contribution is 2.16. The molecule has 1 aliphatic rings. The highest BCUT2D eigenvalue weighted by molar-refractivity contribution is 6.23. The molecular formula is C15H17N3O4. The number of carbonyl (C=O) groups is 3. The molecule has 0 radical (unpaired) electrons. The summed E-state index contributed by atoms with van der Waals surface area (Å²) in [6.07, 6.45) is 3.32. The average Bonchev–Trinajstić information content (AvgIpc) is 2.59. The lowest BCUT2D eigenvalue weighted by Gasteiger charge is -2.27. The molecule has 7 nitrogen and oxygen atoms in total. The van der Waals surface area contributed by atoms with Crippen molar-refractivity contribution in [3.05, 3.63) is 36.2 Å². The van der Waals surface area contributed by atoms with Crippen molar-refractivity contribution in [2.45, 2.75) is 0 Å². The number of hydrogen-bond acceptors (Lipinski definition) is 5. The fourth-order valence-corrected chi connectivity index (χ4v) is 2.03. The second-order valence-corrected chi connectivity index (χ2v) is 4.59. The van der Waals surface area contributed by atoms with Crippen molar-refractivity contribution in [1.29, 1.82) is 0 Å². The van der Waals surface area contributed by atoms with Crippen LogP contribution in [0.5, 0.6) is 0 Å². The van der Waals surface area contributed by atoms with E-state index in [9.17, 15) is 14.4 Å². The van der Waals surface area contributed by atoms with E-state index in [4.69, 9.17) is 4.74 Å². The Bertz CT molecular complexity index is 565. The molecule has 1 aromatic rings. The van der Waals surface area contributed by atoms with Crippen molar-refractivity contribution in [2.75, 3.05) is 32.8 Å². The number of amides is 2. The molecule has 1 aromatic heterocycles. The van der Waals surface area contributed by atoms with Crippen LogP contribution < -0.4 is 5.32 Å². The third-order valence-electron chi connectivity index (χ3n) is 3.10. The van der Waals surface area contributed by atoms with Gasteiger partial charge in [-0.05, 0) is 12.1 Å². The van der Waals surface area contributed by atoms with Gasteiger partial charge < -0.3 is 19.7 Å². The summed E-state index contributed by atoms with van der Waals surface area (Å²) < 4.78 is 5.22. The first-order valence-corrected chi connectivity index (χ1v) is 6.94. The quantitative estimate of drug-likeness (QED) is 0.593.